The van der Waals surface area contributed by atoms with E-state index in [2.05, 4.69) is 5.32 Å². The van der Waals surface area contributed by atoms with Crippen molar-refractivity contribution in [2.24, 2.45) is 0 Å². The summed E-state index contributed by atoms with van der Waals surface area (Å²) in [4.78, 5) is 11.8. The van der Waals surface area contributed by atoms with Gasteiger partial charge < -0.3 is 10.1 Å². The molecular weight excluding hydrogens is 221 g/mol. The molecule has 0 heterocycles. The molecule has 17 heavy (non-hydrogen) atoms. The monoisotopic (exact) mass is 239 g/mol. The number of carbonyl (C=O) groups is 1. The molecule has 1 atom stereocenters. The third-order valence-electron chi connectivity index (χ3n) is 2.52. The molecule has 0 bridgehead atoms. The highest BCUT2D eigenvalue weighted by Gasteiger charge is 2.15. The smallest absolute Gasteiger partial charge is 0.167 e. The lowest BCUT2D eigenvalue weighted by Crippen LogP contribution is -2.28. The first-order chi connectivity index (χ1) is 8.08. The third kappa shape index (κ3) is 3.82. The molecule has 0 aliphatic heterocycles. The van der Waals surface area contributed by atoms with Gasteiger partial charge in [0.2, 0.25) is 0 Å². The number of carbonyl (C=O) groups excluding carboxylic acids is 1. The maximum atomic E-state index is 13.6. The van der Waals surface area contributed by atoms with Crippen molar-refractivity contribution in [3.05, 3.63) is 29.6 Å². The number of benzene rings is 1. The highest BCUT2D eigenvalue weighted by Crippen LogP contribution is 2.17. The van der Waals surface area contributed by atoms with Crippen LogP contribution in [-0.4, -0.2) is 25.5 Å². The van der Waals surface area contributed by atoms with Crippen molar-refractivity contribution < 1.29 is 13.9 Å². The summed E-state index contributed by atoms with van der Waals surface area (Å²) in [7, 11) is 1.46. The first-order valence-electron chi connectivity index (χ1n) is 5.68. The number of hydrogen-bond donors (Lipinski definition) is 1. The summed E-state index contributed by atoms with van der Waals surface area (Å²) in [6.45, 7) is 4.66. The summed E-state index contributed by atoms with van der Waals surface area (Å²) >= 11 is 0. The lowest BCUT2D eigenvalue weighted by Gasteiger charge is -2.11. The Labute approximate surface area is 101 Å². The molecule has 1 unspecified atom stereocenters. The van der Waals surface area contributed by atoms with Gasteiger partial charge in [-0.05, 0) is 25.6 Å². The van der Waals surface area contributed by atoms with Crippen LogP contribution in [0.25, 0.3) is 0 Å². The van der Waals surface area contributed by atoms with Crippen LogP contribution >= 0.6 is 0 Å². The summed E-state index contributed by atoms with van der Waals surface area (Å²) in [5.74, 6) is -0.310. The van der Waals surface area contributed by atoms with Crippen LogP contribution in [0.2, 0.25) is 0 Å². The minimum absolute atomic E-state index is 0.0500. The Hall–Kier alpha value is -1.42. The summed E-state index contributed by atoms with van der Waals surface area (Å²) in [6, 6.07) is 4.34. The van der Waals surface area contributed by atoms with E-state index in [9.17, 15) is 9.18 Å². The number of methoxy groups -OCH3 is 1. The van der Waals surface area contributed by atoms with Crippen molar-refractivity contribution in [2.45, 2.75) is 26.3 Å². The molecule has 1 rings (SSSR count). The van der Waals surface area contributed by atoms with Crippen molar-refractivity contribution in [3.8, 4) is 5.75 Å². The van der Waals surface area contributed by atoms with E-state index in [1.54, 1.807) is 6.07 Å². The van der Waals surface area contributed by atoms with Crippen molar-refractivity contribution in [3.63, 3.8) is 0 Å². The fourth-order valence-electron chi connectivity index (χ4n) is 1.66. The molecule has 0 aliphatic rings. The predicted octanol–water partition coefficient (Wildman–Crippen LogP) is 2.41. The lowest BCUT2D eigenvalue weighted by atomic mass is 10.0. The van der Waals surface area contributed by atoms with Crippen LogP contribution in [-0.2, 0) is 0 Å². The molecule has 0 amide bonds. The molecule has 0 aromatic heterocycles. The SMILES string of the molecule is CCNC(C)CC(=O)c1ccc(OC)cc1F. The molecular formula is C13H18FNO2. The van der Waals surface area contributed by atoms with Gasteiger partial charge >= 0.3 is 0 Å². The van der Waals surface area contributed by atoms with Crippen molar-refractivity contribution in [1.29, 1.82) is 0 Å². The van der Waals surface area contributed by atoms with E-state index in [0.29, 0.717) is 5.75 Å². The fraction of sp³-hybridized carbons (Fsp3) is 0.462. The number of ketones is 1. The van der Waals surface area contributed by atoms with Crippen LogP contribution in [0.4, 0.5) is 4.39 Å². The Balaban J connectivity index is 2.75. The zero-order chi connectivity index (χ0) is 12.8. The van der Waals surface area contributed by atoms with Crippen molar-refractivity contribution >= 4 is 5.78 Å². The van der Waals surface area contributed by atoms with Crippen LogP contribution in [0.3, 0.4) is 0 Å². The minimum atomic E-state index is -0.530. The zero-order valence-electron chi connectivity index (χ0n) is 10.4. The van der Waals surface area contributed by atoms with E-state index in [-0.39, 0.29) is 23.8 Å². The Morgan fingerprint density at radius 1 is 1.53 bits per heavy atom. The highest BCUT2D eigenvalue weighted by molar-refractivity contribution is 5.96. The number of Topliss-reactive ketones (excluding diaryl/α,β-unsaturated/α-hetero) is 1. The Morgan fingerprint density at radius 2 is 2.24 bits per heavy atom. The molecule has 3 nitrogen and oxygen atoms in total. The summed E-state index contributed by atoms with van der Waals surface area (Å²) < 4.78 is 18.5. The van der Waals surface area contributed by atoms with Crippen LogP contribution < -0.4 is 10.1 Å². The van der Waals surface area contributed by atoms with Crippen molar-refractivity contribution in [2.75, 3.05) is 13.7 Å². The molecule has 1 aromatic carbocycles. The van der Waals surface area contributed by atoms with E-state index in [4.69, 9.17) is 4.74 Å². The molecule has 1 aromatic rings. The van der Waals surface area contributed by atoms with Crippen LogP contribution in [0.5, 0.6) is 5.75 Å². The molecule has 0 fully saturated rings. The molecule has 1 N–H and O–H groups in total. The van der Waals surface area contributed by atoms with Crippen LogP contribution in [0.15, 0.2) is 18.2 Å². The van der Waals surface area contributed by atoms with E-state index >= 15 is 0 Å². The van der Waals surface area contributed by atoms with E-state index in [1.807, 2.05) is 13.8 Å². The fourth-order valence-corrected chi connectivity index (χ4v) is 1.66. The van der Waals surface area contributed by atoms with E-state index < -0.39 is 5.82 Å². The zero-order valence-corrected chi connectivity index (χ0v) is 10.4. The average Bonchev–Trinajstić information content (AvgIpc) is 2.28. The van der Waals surface area contributed by atoms with Gasteiger partial charge in [0.05, 0.1) is 12.7 Å². The maximum Gasteiger partial charge on any atom is 0.167 e. The van der Waals surface area contributed by atoms with Gasteiger partial charge in [-0.15, -0.1) is 0 Å². The summed E-state index contributed by atoms with van der Waals surface area (Å²) in [6.07, 6.45) is 0.289. The Morgan fingerprint density at radius 3 is 2.76 bits per heavy atom. The van der Waals surface area contributed by atoms with E-state index in [0.717, 1.165) is 6.54 Å². The molecule has 94 valence electrons. The van der Waals surface area contributed by atoms with Gasteiger partial charge in [-0.25, -0.2) is 4.39 Å². The molecule has 0 aliphatic carbocycles. The number of ether oxygens (including phenoxy) is 1. The van der Waals surface area contributed by atoms with E-state index in [1.165, 1.54) is 19.2 Å². The quantitative estimate of drug-likeness (QED) is 0.775. The maximum absolute atomic E-state index is 13.6. The lowest BCUT2D eigenvalue weighted by molar-refractivity contribution is 0.0968. The minimum Gasteiger partial charge on any atom is -0.497 e. The Kier molecular flexibility index (Phi) is 5.10. The van der Waals surface area contributed by atoms with Crippen molar-refractivity contribution in [1.82, 2.24) is 5.32 Å². The van der Waals surface area contributed by atoms with Gasteiger partial charge in [-0.3, -0.25) is 4.79 Å². The second-order valence-corrected chi connectivity index (χ2v) is 3.93. The third-order valence-corrected chi connectivity index (χ3v) is 2.52. The average molecular weight is 239 g/mol. The first-order valence-corrected chi connectivity index (χ1v) is 5.68. The predicted molar refractivity (Wildman–Crippen MR) is 65.0 cm³/mol. The molecule has 0 saturated carbocycles. The van der Waals surface area contributed by atoms with Gasteiger partial charge in [0.15, 0.2) is 5.78 Å². The normalized spacial score (nSPS) is 12.2. The number of halogens is 1. The van der Waals surface area contributed by atoms with Crippen LogP contribution in [0.1, 0.15) is 30.6 Å². The molecule has 0 spiro atoms. The van der Waals surface area contributed by atoms with Crippen LogP contribution in [0, 0.1) is 5.82 Å². The number of nitrogens with one attached hydrogen (secondary N) is 1. The molecule has 0 radical (unpaired) electrons. The summed E-state index contributed by atoms with van der Waals surface area (Å²) in [5.41, 5.74) is 0.121. The van der Waals surface area contributed by atoms with Gasteiger partial charge in [-0.2, -0.15) is 0 Å². The van der Waals surface area contributed by atoms with Gasteiger partial charge in [0, 0.05) is 18.5 Å². The van der Waals surface area contributed by atoms with Gasteiger partial charge in [0.1, 0.15) is 11.6 Å². The second-order valence-electron chi connectivity index (χ2n) is 3.93. The molecule has 0 saturated heterocycles. The van der Waals surface area contributed by atoms with Gasteiger partial charge in [-0.1, -0.05) is 6.92 Å². The summed E-state index contributed by atoms with van der Waals surface area (Å²) in [5, 5.41) is 3.12. The Bertz CT molecular complexity index is 393. The topological polar surface area (TPSA) is 38.3 Å². The van der Waals surface area contributed by atoms with Gasteiger partial charge in [0.25, 0.3) is 0 Å². The highest BCUT2D eigenvalue weighted by atomic mass is 19.1. The first kappa shape index (κ1) is 13.6. The second kappa shape index (κ2) is 6.35. The number of rotatable bonds is 6. The largest absolute Gasteiger partial charge is 0.497 e. The standard InChI is InChI=1S/C13H18FNO2/c1-4-15-9(2)7-13(16)11-6-5-10(17-3)8-12(11)14/h5-6,8-9,15H,4,7H2,1-3H3. The molecule has 4 heteroatoms. The number of hydrogen-bond acceptors (Lipinski definition) is 3.